The van der Waals surface area contributed by atoms with Crippen molar-refractivity contribution in [3.63, 3.8) is 0 Å². The molecule has 3 amide bonds. The Balaban J connectivity index is 2.14. The summed E-state index contributed by atoms with van der Waals surface area (Å²) in [6.45, 7) is 3.27. The molecular formula is C12H13BrN2O3S. The van der Waals surface area contributed by atoms with Gasteiger partial charge in [0.1, 0.15) is 5.54 Å². The summed E-state index contributed by atoms with van der Waals surface area (Å²) in [5, 5.41) is 2.62. The van der Waals surface area contributed by atoms with Crippen LogP contribution in [0.1, 0.15) is 29.9 Å². The number of urea groups is 1. The van der Waals surface area contributed by atoms with Gasteiger partial charge in [0.05, 0.1) is 15.2 Å². The average molecular weight is 345 g/mol. The third kappa shape index (κ3) is 2.57. The zero-order chi connectivity index (χ0) is 14.2. The fourth-order valence-electron chi connectivity index (χ4n) is 1.82. The lowest BCUT2D eigenvalue weighted by molar-refractivity contribution is -0.130. The van der Waals surface area contributed by atoms with Gasteiger partial charge < -0.3 is 5.32 Å². The Morgan fingerprint density at radius 1 is 1.47 bits per heavy atom. The molecule has 1 saturated heterocycles. The van der Waals surface area contributed by atoms with Crippen LogP contribution in [0.3, 0.4) is 0 Å². The van der Waals surface area contributed by atoms with Crippen LogP contribution in [0.15, 0.2) is 15.9 Å². The van der Waals surface area contributed by atoms with Crippen LogP contribution >= 0.6 is 27.3 Å². The molecule has 2 rings (SSSR count). The highest BCUT2D eigenvalue weighted by molar-refractivity contribution is 9.11. The number of rotatable bonds is 4. The summed E-state index contributed by atoms with van der Waals surface area (Å²) in [7, 11) is 0. The summed E-state index contributed by atoms with van der Waals surface area (Å²) in [6, 6.07) is 2.94. The first-order valence-corrected chi connectivity index (χ1v) is 7.41. The van der Waals surface area contributed by atoms with Crippen LogP contribution in [0.2, 0.25) is 0 Å². The molecule has 7 heteroatoms. The number of nitrogens with zero attached hydrogens (tertiary/aromatic N) is 1. The van der Waals surface area contributed by atoms with Crippen molar-refractivity contribution in [3.05, 3.63) is 20.8 Å². The van der Waals surface area contributed by atoms with E-state index in [4.69, 9.17) is 0 Å². The maximum Gasteiger partial charge on any atom is 0.325 e. The minimum Gasteiger partial charge on any atom is -0.323 e. The number of ketones is 1. The van der Waals surface area contributed by atoms with E-state index in [2.05, 4.69) is 21.2 Å². The number of carbonyl (C=O) groups excluding carboxylic acids is 3. The summed E-state index contributed by atoms with van der Waals surface area (Å²) in [5.41, 5.74) is -0.895. The largest absolute Gasteiger partial charge is 0.325 e. The minimum absolute atomic E-state index is 0.215. The van der Waals surface area contributed by atoms with E-state index in [1.54, 1.807) is 19.1 Å². The Morgan fingerprint density at radius 3 is 2.63 bits per heavy atom. The predicted molar refractivity (Wildman–Crippen MR) is 75.3 cm³/mol. The SMILES string of the molecule is CCC1(C)NC(=O)N(CC(=O)c2ccc(Br)s2)C1=O. The molecule has 102 valence electrons. The van der Waals surface area contributed by atoms with E-state index in [0.29, 0.717) is 11.3 Å². The fraction of sp³-hybridized carbons (Fsp3) is 0.417. The zero-order valence-corrected chi connectivity index (χ0v) is 12.9. The van der Waals surface area contributed by atoms with E-state index in [1.165, 1.54) is 11.3 Å². The van der Waals surface area contributed by atoms with Crippen LogP contribution < -0.4 is 5.32 Å². The Kier molecular flexibility index (Phi) is 3.78. The van der Waals surface area contributed by atoms with Crippen molar-refractivity contribution in [1.29, 1.82) is 0 Å². The molecule has 0 aliphatic carbocycles. The van der Waals surface area contributed by atoms with Gasteiger partial charge in [-0.15, -0.1) is 11.3 Å². The van der Waals surface area contributed by atoms with Crippen molar-refractivity contribution in [2.75, 3.05) is 6.54 Å². The van der Waals surface area contributed by atoms with Crippen LogP contribution in [-0.4, -0.2) is 34.7 Å². The number of hydrogen-bond acceptors (Lipinski definition) is 4. The lowest BCUT2D eigenvalue weighted by atomic mass is 9.99. The van der Waals surface area contributed by atoms with E-state index >= 15 is 0 Å². The summed E-state index contributed by atoms with van der Waals surface area (Å²) in [4.78, 5) is 37.4. The first-order chi connectivity index (χ1) is 8.87. The molecule has 0 saturated carbocycles. The van der Waals surface area contributed by atoms with E-state index in [0.717, 1.165) is 8.69 Å². The molecule has 1 aromatic heterocycles. The zero-order valence-electron chi connectivity index (χ0n) is 10.5. The molecule has 5 nitrogen and oxygen atoms in total. The van der Waals surface area contributed by atoms with E-state index < -0.39 is 11.6 Å². The van der Waals surface area contributed by atoms with Crippen LogP contribution in [-0.2, 0) is 4.79 Å². The van der Waals surface area contributed by atoms with Crippen molar-refractivity contribution < 1.29 is 14.4 Å². The van der Waals surface area contributed by atoms with Crippen molar-refractivity contribution in [2.45, 2.75) is 25.8 Å². The molecule has 1 aliphatic heterocycles. The monoisotopic (exact) mass is 344 g/mol. The van der Waals surface area contributed by atoms with Crippen molar-refractivity contribution >= 4 is 45.0 Å². The third-order valence-electron chi connectivity index (χ3n) is 3.20. The van der Waals surface area contributed by atoms with Gasteiger partial charge in [-0.1, -0.05) is 6.92 Å². The van der Waals surface area contributed by atoms with Gasteiger partial charge in [0.25, 0.3) is 5.91 Å². The molecule has 1 N–H and O–H groups in total. The number of nitrogens with one attached hydrogen (secondary N) is 1. The summed E-state index contributed by atoms with van der Waals surface area (Å²) >= 11 is 4.56. The van der Waals surface area contributed by atoms with Crippen LogP contribution in [0, 0.1) is 0 Å². The molecule has 0 aromatic carbocycles. The highest BCUT2D eigenvalue weighted by Crippen LogP contribution is 2.24. The summed E-state index contributed by atoms with van der Waals surface area (Å²) in [6.07, 6.45) is 0.493. The average Bonchev–Trinajstić information content (AvgIpc) is 2.88. The molecule has 19 heavy (non-hydrogen) atoms. The number of Topliss-reactive ketones (excluding diaryl/α,β-unsaturated/α-hetero) is 1. The minimum atomic E-state index is -0.895. The summed E-state index contributed by atoms with van der Waals surface area (Å²) in [5.74, 6) is -0.580. The molecule has 0 bridgehead atoms. The lowest BCUT2D eigenvalue weighted by Crippen LogP contribution is -2.43. The maximum atomic E-state index is 12.1. The van der Waals surface area contributed by atoms with Gasteiger partial charge in [-0.05, 0) is 41.4 Å². The molecule has 0 spiro atoms. The quantitative estimate of drug-likeness (QED) is 0.673. The molecule has 1 unspecified atom stereocenters. The van der Waals surface area contributed by atoms with Crippen LogP contribution in [0.4, 0.5) is 4.79 Å². The lowest BCUT2D eigenvalue weighted by Gasteiger charge is -2.18. The van der Waals surface area contributed by atoms with E-state index in [9.17, 15) is 14.4 Å². The van der Waals surface area contributed by atoms with Gasteiger partial charge in [-0.25, -0.2) is 4.79 Å². The van der Waals surface area contributed by atoms with Gasteiger partial charge in [-0.2, -0.15) is 0 Å². The number of amides is 3. The second-order valence-corrected chi connectivity index (χ2v) is 7.00. The Labute approximate surface area is 123 Å². The van der Waals surface area contributed by atoms with Crippen molar-refractivity contribution in [2.24, 2.45) is 0 Å². The maximum absolute atomic E-state index is 12.1. The first kappa shape index (κ1) is 14.2. The third-order valence-corrected chi connectivity index (χ3v) is 4.87. The van der Waals surface area contributed by atoms with Gasteiger partial charge in [-0.3, -0.25) is 14.5 Å². The topological polar surface area (TPSA) is 66.5 Å². The molecular weight excluding hydrogens is 332 g/mol. The number of imide groups is 1. The Morgan fingerprint density at radius 2 is 2.16 bits per heavy atom. The highest BCUT2D eigenvalue weighted by Gasteiger charge is 2.47. The molecule has 1 fully saturated rings. The normalized spacial score (nSPS) is 22.8. The number of thiophene rings is 1. The second-order valence-electron chi connectivity index (χ2n) is 4.53. The van der Waals surface area contributed by atoms with Gasteiger partial charge in [0.15, 0.2) is 5.78 Å². The Bertz CT molecular complexity index is 557. The predicted octanol–water partition coefficient (Wildman–Crippen LogP) is 2.41. The molecule has 1 atom stereocenters. The fourth-order valence-corrected chi connectivity index (χ4v) is 3.13. The summed E-state index contributed by atoms with van der Waals surface area (Å²) < 4.78 is 0.839. The van der Waals surface area contributed by atoms with E-state index in [1.807, 2.05) is 6.92 Å². The molecule has 0 radical (unpaired) electrons. The first-order valence-electron chi connectivity index (χ1n) is 5.80. The molecule has 2 heterocycles. The molecule has 1 aliphatic rings. The number of carbonyl (C=O) groups is 3. The van der Waals surface area contributed by atoms with Crippen LogP contribution in [0.5, 0.6) is 0 Å². The second kappa shape index (κ2) is 5.05. The van der Waals surface area contributed by atoms with Crippen molar-refractivity contribution in [3.8, 4) is 0 Å². The standard InChI is InChI=1S/C12H13BrN2O3S/c1-3-12(2)10(17)15(11(18)14-12)6-7(16)8-4-5-9(13)19-8/h4-5H,3,6H2,1-2H3,(H,14,18). The van der Waals surface area contributed by atoms with Gasteiger partial charge in [0.2, 0.25) is 0 Å². The molecule has 1 aromatic rings. The van der Waals surface area contributed by atoms with Crippen molar-refractivity contribution in [1.82, 2.24) is 10.2 Å². The number of hydrogen-bond donors (Lipinski definition) is 1. The van der Waals surface area contributed by atoms with E-state index in [-0.39, 0.29) is 18.2 Å². The van der Waals surface area contributed by atoms with Gasteiger partial charge in [0, 0.05) is 0 Å². The Hall–Kier alpha value is -1.21. The smallest absolute Gasteiger partial charge is 0.323 e. The van der Waals surface area contributed by atoms with Crippen LogP contribution in [0.25, 0.3) is 0 Å². The highest BCUT2D eigenvalue weighted by atomic mass is 79.9. The van der Waals surface area contributed by atoms with Gasteiger partial charge >= 0.3 is 6.03 Å². The number of halogens is 1.